The number of hydrogen-bond acceptors (Lipinski definition) is 7. The lowest BCUT2D eigenvalue weighted by Crippen LogP contribution is -2.60. The molecule has 0 bridgehead atoms. The number of benzene rings is 1. The first-order valence-electron chi connectivity index (χ1n) is 11.8. The van der Waals surface area contributed by atoms with Gasteiger partial charge in [-0.3, -0.25) is 29.4 Å². The molecule has 5 N–H and O–H groups in total. The average Bonchev–Trinajstić information content (AvgIpc) is 3.66. The molecule has 0 saturated heterocycles. The molecule has 12 heteroatoms. The highest BCUT2D eigenvalue weighted by molar-refractivity contribution is 6.33. The minimum atomic E-state index is -1.02. The van der Waals surface area contributed by atoms with Crippen molar-refractivity contribution in [2.24, 2.45) is 11.3 Å². The molecule has 37 heavy (non-hydrogen) atoms. The SMILES string of the molecule is C=CC(=O)N(CC(=O)OCC)NC(=O)C(NC(=O)[C@@H](NC(=O)c1ccc(N)c(Cl)c1)C(C)(C)C)C1CC1. The lowest BCUT2D eigenvalue weighted by Gasteiger charge is -2.32. The Labute approximate surface area is 221 Å². The zero-order valence-corrected chi connectivity index (χ0v) is 22.2. The topological polar surface area (TPSA) is 160 Å². The van der Waals surface area contributed by atoms with Gasteiger partial charge in [0.15, 0.2) is 0 Å². The van der Waals surface area contributed by atoms with Crippen molar-refractivity contribution in [3.63, 3.8) is 0 Å². The second kappa shape index (κ2) is 12.6. The molecule has 11 nitrogen and oxygen atoms in total. The van der Waals surface area contributed by atoms with Crippen LogP contribution in [0.5, 0.6) is 0 Å². The number of nitrogens with two attached hydrogens (primary N) is 1. The van der Waals surface area contributed by atoms with Crippen LogP contribution in [0, 0.1) is 11.3 Å². The highest BCUT2D eigenvalue weighted by Crippen LogP contribution is 2.33. The second-order valence-corrected chi connectivity index (χ2v) is 10.1. The molecule has 1 saturated carbocycles. The molecular weight excluding hydrogens is 502 g/mol. The molecule has 1 aliphatic rings. The molecule has 1 aromatic rings. The van der Waals surface area contributed by atoms with Crippen LogP contribution in [-0.4, -0.2) is 59.8 Å². The highest BCUT2D eigenvalue weighted by atomic mass is 35.5. The van der Waals surface area contributed by atoms with Crippen molar-refractivity contribution < 1.29 is 28.7 Å². The van der Waals surface area contributed by atoms with Gasteiger partial charge in [0, 0.05) is 5.56 Å². The molecule has 202 valence electrons. The van der Waals surface area contributed by atoms with E-state index in [0.717, 1.165) is 11.1 Å². The summed E-state index contributed by atoms with van der Waals surface area (Å²) in [6.07, 6.45) is 2.31. The van der Waals surface area contributed by atoms with Crippen LogP contribution < -0.4 is 21.8 Å². The standard InChI is InChI=1S/C25H34ClN5O6/c1-6-18(32)31(13-19(33)37-7-2)30-23(35)20(14-8-9-14)28-24(36)21(25(3,4)5)29-22(34)15-10-11-17(27)16(26)12-15/h6,10-12,14,20-21H,1,7-9,13,27H2,2-5H3,(H,28,36)(H,29,34)(H,30,35)/t20?,21-/m1/s1. The Bertz CT molecular complexity index is 1070. The number of nitrogens with zero attached hydrogens (tertiary/aromatic N) is 1. The predicted octanol–water partition coefficient (Wildman–Crippen LogP) is 1.57. The number of carbonyl (C=O) groups excluding carboxylic acids is 5. The van der Waals surface area contributed by atoms with Crippen LogP contribution in [0.2, 0.25) is 5.02 Å². The van der Waals surface area contributed by atoms with Crippen molar-refractivity contribution in [1.82, 2.24) is 21.1 Å². The number of hydrazine groups is 1. The Kier molecular flexibility index (Phi) is 10.1. The van der Waals surface area contributed by atoms with Crippen molar-refractivity contribution in [2.45, 2.75) is 52.6 Å². The van der Waals surface area contributed by atoms with Crippen LogP contribution in [0.25, 0.3) is 0 Å². The number of anilines is 1. The molecule has 1 fully saturated rings. The Morgan fingerprint density at radius 1 is 1.19 bits per heavy atom. The van der Waals surface area contributed by atoms with Crippen molar-refractivity contribution >= 4 is 46.9 Å². The lowest BCUT2D eigenvalue weighted by molar-refractivity contribution is -0.152. The van der Waals surface area contributed by atoms with E-state index in [4.69, 9.17) is 22.1 Å². The third kappa shape index (κ3) is 8.49. The summed E-state index contributed by atoms with van der Waals surface area (Å²) in [5.74, 6) is -3.41. The minimum absolute atomic E-state index is 0.103. The maximum Gasteiger partial charge on any atom is 0.327 e. The quantitative estimate of drug-likeness (QED) is 0.153. The number of nitrogen functional groups attached to an aromatic ring is 1. The molecule has 4 amide bonds. The van der Waals surface area contributed by atoms with E-state index in [1.807, 2.05) is 0 Å². The van der Waals surface area contributed by atoms with Gasteiger partial charge in [0.05, 0.1) is 17.3 Å². The molecular formula is C25H34ClN5O6. The van der Waals surface area contributed by atoms with Gasteiger partial charge in [0.2, 0.25) is 5.91 Å². The number of amides is 4. The summed E-state index contributed by atoms with van der Waals surface area (Å²) in [6.45, 7) is 9.87. The van der Waals surface area contributed by atoms with Gasteiger partial charge in [-0.2, -0.15) is 0 Å². The largest absolute Gasteiger partial charge is 0.465 e. The fraction of sp³-hybridized carbons (Fsp3) is 0.480. The summed E-state index contributed by atoms with van der Waals surface area (Å²) in [4.78, 5) is 63.4. The van der Waals surface area contributed by atoms with Crippen molar-refractivity contribution in [2.75, 3.05) is 18.9 Å². The van der Waals surface area contributed by atoms with Gasteiger partial charge in [-0.25, -0.2) is 5.01 Å². The van der Waals surface area contributed by atoms with Gasteiger partial charge in [0.1, 0.15) is 18.6 Å². The normalized spacial score (nSPS) is 14.5. The summed E-state index contributed by atoms with van der Waals surface area (Å²) in [7, 11) is 0. The third-order valence-electron chi connectivity index (χ3n) is 5.62. The van der Waals surface area contributed by atoms with Crippen LogP contribution in [0.15, 0.2) is 30.9 Å². The molecule has 0 spiro atoms. The van der Waals surface area contributed by atoms with Gasteiger partial charge < -0.3 is 21.1 Å². The molecule has 2 rings (SSSR count). The summed E-state index contributed by atoms with van der Waals surface area (Å²) in [6, 6.07) is 2.37. The van der Waals surface area contributed by atoms with Gasteiger partial charge in [-0.05, 0) is 55.4 Å². The summed E-state index contributed by atoms with van der Waals surface area (Å²) in [5.41, 5.74) is 7.90. The van der Waals surface area contributed by atoms with Crippen LogP contribution in [0.4, 0.5) is 5.69 Å². The van der Waals surface area contributed by atoms with E-state index in [2.05, 4.69) is 22.6 Å². The third-order valence-corrected chi connectivity index (χ3v) is 5.95. The minimum Gasteiger partial charge on any atom is -0.465 e. The number of halogens is 1. The maximum atomic E-state index is 13.3. The van der Waals surface area contributed by atoms with E-state index in [-0.39, 0.29) is 23.1 Å². The number of hydrogen-bond donors (Lipinski definition) is 4. The zero-order valence-electron chi connectivity index (χ0n) is 21.4. The van der Waals surface area contributed by atoms with E-state index in [9.17, 15) is 24.0 Å². The van der Waals surface area contributed by atoms with E-state index in [0.29, 0.717) is 18.5 Å². The van der Waals surface area contributed by atoms with Crippen LogP contribution in [-0.2, 0) is 23.9 Å². The lowest BCUT2D eigenvalue weighted by atomic mass is 9.85. The van der Waals surface area contributed by atoms with E-state index in [1.54, 1.807) is 27.7 Å². The number of rotatable bonds is 10. The predicted molar refractivity (Wildman–Crippen MR) is 138 cm³/mol. The number of esters is 1. The average molecular weight is 536 g/mol. The number of carbonyl (C=O) groups is 5. The van der Waals surface area contributed by atoms with Crippen LogP contribution >= 0.6 is 11.6 Å². The molecule has 0 heterocycles. The van der Waals surface area contributed by atoms with Gasteiger partial charge in [-0.15, -0.1) is 0 Å². The maximum absolute atomic E-state index is 13.3. The molecule has 1 aromatic carbocycles. The van der Waals surface area contributed by atoms with Crippen LogP contribution in [0.1, 0.15) is 50.9 Å². The van der Waals surface area contributed by atoms with Crippen LogP contribution in [0.3, 0.4) is 0 Å². The fourth-order valence-corrected chi connectivity index (χ4v) is 3.62. The Hall–Kier alpha value is -3.60. The Morgan fingerprint density at radius 3 is 2.35 bits per heavy atom. The molecule has 0 radical (unpaired) electrons. The Balaban J connectivity index is 2.18. The number of nitrogens with one attached hydrogen (secondary N) is 3. The molecule has 0 aromatic heterocycles. The number of ether oxygens (including phenoxy) is 1. The molecule has 2 atom stereocenters. The van der Waals surface area contributed by atoms with Gasteiger partial charge >= 0.3 is 5.97 Å². The molecule has 0 aliphatic heterocycles. The first kappa shape index (κ1) is 29.6. The van der Waals surface area contributed by atoms with E-state index in [1.165, 1.54) is 18.2 Å². The monoisotopic (exact) mass is 535 g/mol. The fourth-order valence-electron chi connectivity index (χ4n) is 3.44. The first-order chi connectivity index (χ1) is 17.3. The van der Waals surface area contributed by atoms with Gasteiger partial charge in [-0.1, -0.05) is 39.0 Å². The highest BCUT2D eigenvalue weighted by Gasteiger charge is 2.41. The van der Waals surface area contributed by atoms with E-state index < -0.39 is 53.6 Å². The Morgan fingerprint density at radius 2 is 1.84 bits per heavy atom. The smallest absolute Gasteiger partial charge is 0.327 e. The zero-order chi connectivity index (χ0) is 27.9. The summed E-state index contributed by atoms with van der Waals surface area (Å²) < 4.78 is 4.85. The van der Waals surface area contributed by atoms with Crippen molar-refractivity contribution in [3.8, 4) is 0 Å². The second-order valence-electron chi connectivity index (χ2n) is 9.74. The first-order valence-corrected chi connectivity index (χ1v) is 12.2. The molecule has 1 aliphatic carbocycles. The van der Waals surface area contributed by atoms with E-state index >= 15 is 0 Å². The molecule has 1 unspecified atom stereocenters. The van der Waals surface area contributed by atoms with Gasteiger partial charge in [0.25, 0.3) is 17.7 Å². The summed E-state index contributed by atoms with van der Waals surface area (Å²) >= 11 is 6.02. The van der Waals surface area contributed by atoms with Crippen molar-refractivity contribution in [3.05, 3.63) is 41.4 Å². The van der Waals surface area contributed by atoms with Crippen molar-refractivity contribution in [1.29, 1.82) is 0 Å². The summed E-state index contributed by atoms with van der Waals surface area (Å²) in [5, 5.41) is 6.41.